The first-order valence-electron chi connectivity index (χ1n) is 7.91. The molecule has 0 bridgehead atoms. The van der Waals surface area contributed by atoms with Gasteiger partial charge in [0.15, 0.2) is 0 Å². The summed E-state index contributed by atoms with van der Waals surface area (Å²) in [6.07, 6.45) is 1.20. The predicted molar refractivity (Wildman–Crippen MR) is 111 cm³/mol. The average molecular weight is 478 g/mol. The largest absolute Gasteiger partial charge is 0.487 e. The molecule has 0 heterocycles. The Kier molecular flexibility index (Phi) is 9.98. The van der Waals surface area contributed by atoms with Crippen LogP contribution in [0.4, 0.5) is 0 Å². The number of hydrogen-bond donors (Lipinski definition) is 1. The van der Waals surface area contributed by atoms with Gasteiger partial charge in [-0.25, -0.2) is 0 Å². The van der Waals surface area contributed by atoms with Crippen LogP contribution in [0.5, 0.6) is 5.75 Å². The smallest absolute Gasteiger partial charge is 0.148 e. The molecule has 132 valence electrons. The fourth-order valence-electron chi connectivity index (χ4n) is 2.21. The van der Waals surface area contributed by atoms with E-state index >= 15 is 0 Å². The lowest BCUT2D eigenvalue weighted by molar-refractivity contribution is 0.302. The van der Waals surface area contributed by atoms with Gasteiger partial charge in [-0.15, -0.1) is 12.4 Å². The van der Waals surface area contributed by atoms with E-state index in [1.54, 1.807) is 0 Å². The van der Waals surface area contributed by atoms with Crippen molar-refractivity contribution >= 4 is 44.3 Å². The maximum absolute atomic E-state index is 5.95. The highest BCUT2D eigenvalue weighted by atomic mass is 79.9. The normalized spacial score (nSPS) is 10.5. The van der Waals surface area contributed by atoms with Crippen LogP contribution in [0.1, 0.15) is 31.4 Å². The zero-order chi connectivity index (χ0) is 16.7. The summed E-state index contributed by atoms with van der Waals surface area (Å²) in [5, 5.41) is 3.48. The fraction of sp³-hybridized carbons (Fsp3) is 0.368. The molecule has 0 aromatic heterocycles. The zero-order valence-corrected chi connectivity index (χ0v) is 18.0. The Morgan fingerprint density at radius 2 is 1.62 bits per heavy atom. The van der Waals surface area contributed by atoms with Crippen LogP contribution in [0.15, 0.2) is 51.4 Å². The van der Waals surface area contributed by atoms with E-state index in [0.29, 0.717) is 6.61 Å². The van der Waals surface area contributed by atoms with Crippen molar-refractivity contribution in [3.05, 3.63) is 62.5 Å². The Labute approximate surface area is 168 Å². The predicted octanol–water partition coefficient (Wildman–Crippen LogP) is 6.35. The third-order valence-electron chi connectivity index (χ3n) is 3.51. The average Bonchev–Trinajstić information content (AvgIpc) is 2.51. The summed E-state index contributed by atoms with van der Waals surface area (Å²) >= 11 is 7.24. The van der Waals surface area contributed by atoms with Gasteiger partial charge in [0.25, 0.3) is 0 Å². The van der Waals surface area contributed by atoms with Crippen molar-refractivity contribution in [3.8, 4) is 5.75 Å². The zero-order valence-electron chi connectivity index (χ0n) is 14.0. The molecule has 0 aliphatic carbocycles. The van der Waals surface area contributed by atoms with Crippen molar-refractivity contribution in [2.45, 2.75) is 33.4 Å². The van der Waals surface area contributed by atoms with Gasteiger partial charge in [-0.3, -0.25) is 0 Å². The number of benzene rings is 2. The van der Waals surface area contributed by atoms with Crippen LogP contribution >= 0.6 is 44.3 Å². The molecule has 0 aliphatic rings. The van der Waals surface area contributed by atoms with E-state index in [-0.39, 0.29) is 12.4 Å². The molecule has 2 rings (SSSR count). The SMILES string of the molecule is CC(C)CCNCc1cc(Br)c(OCc2ccccc2)c(Br)c1.Cl. The number of hydrogen-bond acceptors (Lipinski definition) is 2. The topological polar surface area (TPSA) is 21.3 Å². The third kappa shape index (κ3) is 7.14. The standard InChI is InChI=1S/C19H23Br2NO.ClH/c1-14(2)8-9-22-12-16-10-17(20)19(18(21)11-16)23-13-15-6-4-3-5-7-15;/h3-7,10-11,14,22H,8-9,12-13H2,1-2H3;1H. The van der Waals surface area contributed by atoms with Gasteiger partial charge in [-0.1, -0.05) is 44.2 Å². The molecule has 1 N–H and O–H groups in total. The molecule has 0 radical (unpaired) electrons. The molecule has 0 amide bonds. The van der Waals surface area contributed by atoms with Crippen LogP contribution in [0.3, 0.4) is 0 Å². The van der Waals surface area contributed by atoms with E-state index in [0.717, 1.165) is 39.3 Å². The van der Waals surface area contributed by atoms with Crippen LogP contribution in [-0.2, 0) is 13.2 Å². The van der Waals surface area contributed by atoms with Gasteiger partial charge in [0.1, 0.15) is 12.4 Å². The van der Waals surface area contributed by atoms with E-state index in [4.69, 9.17) is 4.74 Å². The van der Waals surface area contributed by atoms with Crippen LogP contribution in [0.25, 0.3) is 0 Å². The van der Waals surface area contributed by atoms with Crippen molar-refractivity contribution in [2.75, 3.05) is 6.54 Å². The summed E-state index contributed by atoms with van der Waals surface area (Å²) in [6, 6.07) is 14.4. The minimum Gasteiger partial charge on any atom is -0.487 e. The molecule has 0 saturated heterocycles. The summed E-state index contributed by atoms with van der Waals surface area (Å²) in [6.45, 7) is 6.95. The molecule has 0 aliphatic heterocycles. The number of nitrogens with one attached hydrogen (secondary N) is 1. The van der Waals surface area contributed by atoms with Crippen LogP contribution in [0, 0.1) is 5.92 Å². The Bertz CT molecular complexity index is 597. The van der Waals surface area contributed by atoms with Crippen LogP contribution < -0.4 is 10.1 Å². The minimum absolute atomic E-state index is 0. The van der Waals surface area contributed by atoms with Gasteiger partial charge in [-0.2, -0.15) is 0 Å². The highest BCUT2D eigenvalue weighted by Gasteiger charge is 2.09. The van der Waals surface area contributed by atoms with E-state index < -0.39 is 0 Å². The van der Waals surface area contributed by atoms with E-state index in [1.807, 2.05) is 18.2 Å². The Balaban J connectivity index is 0.00000288. The van der Waals surface area contributed by atoms with Crippen LogP contribution in [-0.4, -0.2) is 6.54 Å². The van der Waals surface area contributed by atoms with Gasteiger partial charge < -0.3 is 10.1 Å². The second-order valence-corrected chi connectivity index (χ2v) is 7.73. The van der Waals surface area contributed by atoms with Gasteiger partial charge in [0, 0.05) is 6.54 Å². The van der Waals surface area contributed by atoms with Crippen LogP contribution in [0.2, 0.25) is 0 Å². The summed E-state index contributed by atoms with van der Waals surface area (Å²) in [5.41, 5.74) is 2.39. The first-order chi connectivity index (χ1) is 11.1. The molecule has 0 fully saturated rings. The molecule has 2 aromatic carbocycles. The fourth-order valence-corrected chi connectivity index (χ4v) is 3.72. The van der Waals surface area contributed by atoms with E-state index in [9.17, 15) is 0 Å². The number of ether oxygens (including phenoxy) is 1. The lowest BCUT2D eigenvalue weighted by atomic mass is 10.1. The van der Waals surface area contributed by atoms with Crippen molar-refractivity contribution in [3.63, 3.8) is 0 Å². The molecule has 0 unspecified atom stereocenters. The monoisotopic (exact) mass is 475 g/mol. The first kappa shape index (κ1) is 21.5. The highest BCUT2D eigenvalue weighted by molar-refractivity contribution is 9.11. The summed E-state index contributed by atoms with van der Waals surface area (Å²) in [7, 11) is 0. The summed E-state index contributed by atoms with van der Waals surface area (Å²) < 4.78 is 7.90. The van der Waals surface area contributed by atoms with Crippen molar-refractivity contribution in [1.29, 1.82) is 0 Å². The van der Waals surface area contributed by atoms with Crippen molar-refractivity contribution in [1.82, 2.24) is 5.32 Å². The molecule has 2 nitrogen and oxygen atoms in total. The third-order valence-corrected chi connectivity index (χ3v) is 4.69. The maximum atomic E-state index is 5.95. The minimum atomic E-state index is 0. The van der Waals surface area contributed by atoms with Crippen molar-refractivity contribution in [2.24, 2.45) is 5.92 Å². The second kappa shape index (κ2) is 11.1. The quantitative estimate of drug-likeness (QED) is 0.448. The van der Waals surface area contributed by atoms with Gasteiger partial charge in [0.05, 0.1) is 8.95 Å². The summed E-state index contributed by atoms with van der Waals surface area (Å²) in [5.74, 6) is 1.58. The molecule has 24 heavy (non-hydrogen) atoms. The highest BCUT2D eigenvalue weighted by Crippen LogP contribution is 2.35. The lowest BCUT2D eigenvalue weighted by Gasteiger charge is -2.13. The van der Waals surface area contributed by atoms with Gasteiger partial charge in [0.2, 0.25) is 0 Å². The van der Waals surface area contributed by atoms with Crippen molar-refractivity contribution < 1.29 is 4.74 Å². The van der Waals surface area contributed by atoms with E-state index in [2.05, 4.69) is 75.3 Å². The van der Waals surface area contributed by atoms with E-state index in [1.165, 1.54) is 12.0 Å². The molecule has 0 atom stereocenters. The molecule has 2 aromatic rings. The Morgan fingerprint density at radius 1 is 1.00 bits per heavy atom. The number of rotatable bonds is 8. The molecular weight excluding hydrogens is 453 g/mol. The molecular formula is C19H24Br2ClNO. The molecule has 0 spiro atoms. The van der Waals surface area contributed by atoms with Gasteiger partial charge >= 0.3 is 0 Å². The molecule has 0 saturated carbocycles. The summed E-state index contributed by atoms with van der Waals surface area (Å²) in [4.78, 5) is 0. The second-order valence-electron chi connectivity index (χ2n) is 6.02. The number of halogens is 3. The first-order valence-corrected chi connectivity index (χ1v) is 9.50. The lowest BCUT2D eigenvalue weighted by Crippen LogP contribution is -2.16. The Hall–Kier alpha value is -0.550. The Morgan fingerprint density at radius 3 is 2.21 bits per heavy atom. The molecule has 5 heteroatoms. The van der Waals surface area contributed by atoms with Gasteiger partial charge in [-0.05, 0) is 74.0 Å². The maximum Gasteiger partial charge on any atom is 0.148 e.